The summed E-state index contributed by atoms with van der Waals surface area (Å²) in [4.78, 5) is 4.30. The molecule has 0 spiro atoms. The molecule has 1 fully saturated rings. The summed E-state index contributed by atoms with van der Waals surface area (Å²) in [6.07, 6.45) is 7.92. The van der Waals surface area contributed by atoms with E-state index < -0.39 is 0 Å². The lowest BCUT2D eigenvalue weighted by molar-refractivity contribution is 0.246. The second-order valence-corrected chi connectivity index (χ2v) is 4.94. The maximum absolute atomic E-state index is 4.30. The van der Waals surface area contributed by atoms with Gasteiger partial charge in [-0.2, -0.15) is 0 Å². The Kier molecular flexibility index (Phi) is 3.94. The van der Waals surface area contributed by atoms with Gasteiger partial charge < -0.3 is 5.32 Å². The van der Waals surface area contributed by atoms with Gasteiger partial charge in [-0.1, -0.05) is 13.0 Å². The molecule has 2 atom stereocenters. The summed E-state index contributed by atoms with van der Waals surface area (Å²) < 4.78 is 0. The molecule has 0 radical (unpaired) electrons. The van der Waals surface area contributed by atoms with Crippen LogP contribution in [0.4, 0.5) is 0 Å². The molecule has 2 unspecified atom stereocenters. The van der Waals surface area contributed by atoms with Gasteiger partial charge in [-0.3, -0.25) is 4.98 Å². The van der Waals surface area contributed by atoms with Crippen LogP contribution in [0.5, 0.6) is 0 Å². The van der Waals surface area contributed by atoms with Crippen LogP contribution >= 0.6 is 0 Å². The lowest BCUT2D eigenvalue weighted by Gasteiger charge is -2.37. The molecule has 0 saturated heterocycles. The SMILES string of the molecule is CCCNCC1CCC1c1cncc(C)c1. The molecule has 2 heteroatoms. The van der Waals surface area contributed by atoms with Gasteiger partial charge in [-0.25, -0.2) is 0 Å². The van der Waals surface area contributed by atoms with E-state index in [0.29, 0.717) is 0 Å². The molecule has 16 heavy (non-hydrogen) atoms. The van der Waals surface area contributed by atoms with Crippen molar-refractivity contribution in [1.82, 2.24) is 10.3 Å². The third kappa shape index (κ3) is 2.62. The lowest BCUT2D eigenvalue weighted by Crippen LogP contribution is -2.34. The van der Waals surface area contributed by atoms with E-state index in [-0.39, 0.29) is 0 Å². The molecule has 2 rings (SSSR count). The molecule has 0 amide bonds. The van der Waals surface area contributed by atoms with Crippen LogP contribution in [-0.2, 0) is 0 Å². The van der Waals surface area contributed by atoms with E-state index in [9.17, 15) is 0 Å². The molecular formula is C14H22N2. The second-order valence-electron chi connectivity index (χ2n) is 4.94. The number of nitrogens with zero attached hydrogens (tertiary/aromatic N) is 1. The standard InChI is InChI=1S/C14H22N2/c1-3-6-15-9-12-4-5-14(12)13-7-11(2)8-16-10-13/h7-8,10,12,14-15H,3-6,9H2,1-2H3. The largest absolute Gasteiger partial charge is 0.316 e. The molecule has 1 heterocycles. The van der Waals surface area contributed by atoms with E-state index in [1.807, 2.05) is 12.4 Å². The van der Waals surface area contributed by atoms with Crippen molar-refractivity contribution in [2.45, 2.75) is 39.0 Å². The molecule has 1 aliphatic rings. The average molecular weight is 218 g/mol. The van der Waals surface area contributed by atoms with Gasteiger partial charge in [0.1, 0.15) is 0 Å². The van der Waals surface area contributed by atoms with Crippen molar-refractivity contribution in [3.63, 3.8) is 0 Å². The number of rotatable bonds is 5. The first-order chi connectivity index (χ1) is 7.81. The summed E-state index contributed by atoms with van der Waals surface area (Å²) >= 11 is 0. The Morgan fingerprint density at radius 2 is 2.25 bits per heavy atom. The van der Waals surface area contributed by atoms with Crippen LogP contribution in [0.2, 0.25) is 0 Å². The molecule has 0 aromatic carbocycles. The van der Waals surface area contributed by atoms with Crippen molar-refractivity contribution in [1.29, 1.82) is 0 Å². The number of aryl methyl sites for hydroxylation is 1. The molecular weight excluding hydrogens is 196 g/mol. The molecule has 1 aromatic rings. The Morgan fingerprint density at radius 1 is 1.38 bits per heavy atom. The minimum Gasteiger partial charge on any atom is -0.316 e. The zero-order valence-electron chi connectivity index (χ0n) is 10.4. The van der Waals surface area contributed by atoms with Gasteiger partial charge in [-0.15, -0.1) is 0 Å². The number of hydrogen-bond donors (Lipinski definition) is 1. The fraction of sp³-hybridized carbons (Fsp3) is 0.643. The highest BCUT2D eigenvalue weighted by atomic mass is 14.9. The number of aromatic nitrogens is 1. The highest BCUT2D eigenvalue weighted by molar-refractivity contribution is 5.23. The number of nitrogens with one attached hydrogen (secondary N) is 1. The number of pyridine rings is 1. The monoisotopic (exact) mass is 218 g/mol. The fourth-order valence-electron chi connectivity index (χ4n) is 2.50. The molecule has 1 N–H and O–H groups in total. The predicted molar refractivity (Wildman–Crippen MR) is 67.6 cm³/mol. The van der Waals surface area contributed by atoms with E-state index in [4.69, 9.17) is 0 Å². The van der Waals surface area contributed by atoms with Crippen LogP contribution in [0, 0.1) is 12.8 Å². The van der Waals surface area contributed by atoms with Gasteiger partial charge in [-0.05, 0) is 62.2 Å². The van der Waals surface area contributed by atoms with E-state index in [0.717, 1.165) is 18.4 Å². The first-order valence-corrected chi connectivity index (χ1v) is 6.43. The topological polar surface area (TPSA) is 24.9 Å². The van der Waals surface area contributed by atoms with Crippen LogP contribution in [0.1, 0.15) is 43.2 Å². The maximum atomic E-state index is 4.30. The van der Waals surface area contributed by atoms with Gasteiger partial charge in [0.25, 0.3) is 0 Å². The Balaban J connectivity index is 1.90. The molecule has 88 valence electrons. The van der Waals surface area contributed by atoms with Gasteiger partial charge in [0.05, 0.1) is 0 Å². The Bertz CT molecular complexity index is 335. The molecule has 1 aliphatic carbocycles. The minimum absolute atomic E-state index is 0.747. The average Bonchev–Trinajstić information content (AvgIpc) is 2.23. The minimum atomic E-state index is 0.747. The summed E-state index contributed by atoms with van der Waals surface area (Å²) in [7, 11) is 0. The van der Waals surface area contributed by atoms with Crippen LogP contribution in [-0.4, -0.2) is 18.1 Å². The zero-order valence-corrected chi connectivity index (χ0v) is 10.4. The van der Waals surface area contributed by atoms with Crippen molar-refractivity contribution in [2.75, 3.05) is 13.1 Å². The van der Waals surface area contributed by atoms with E-state index in [1.165, 1.54) is 36.9 Å². The number of hydrogen-bond acceptors (Lipinski definition) is 2. The van der Waals surface area contributed by atoms with Crippen LogP contribution in [0.25, 0.3) is 0 Å². The van der Waals surface area contributed by atoms with Crippen LogP contribution < -0.4 is 5.32 Å². The summed E-state index contributed by atoms with van der Waals surface area (Å²) in [6, 6.07) is 2.30. The Morgan fingerprint density at radius 3 is 2.88 bits per heavy atom. The molecule has 2 nitrogen and oxygen atoms in total. The Labute approximate surface area is 98.5 Å². The predicted octanol–water partition coefficient (Wildman–Crippen LogP) is 2.88. The van der Waals surface area contributed by atoms with Crippen LogP contribution in [0.15, 0.2) is 18.5 Å². The summed E-state index contributed by atoms with van der Waals surface area (Å²) in [5, 5.41) is 3.53. The second kappa shape index (κ2) is 5.44. The normalized spacial score (nSPS) is 24.1. The Hall–Kier alpha value is -0.890. The zero-order chi connectivity index (χ0) is 11.4. The van der Waals surface area contributed by atoms with E-state index in [1.54, 1.807) is 0 Å². The van der Waals surface area contributed by atoms with E-state index in [2.05, 4.69) is 30.2 Å². The van der Waals surface area contributed by atoms with Gasteiger partial charge in [0.2, 0.25) is 0 Å². The smallest absolute Gasteiger partial charge is 0.0303 e. The fourth-order valence-corrected chi connectivity index (χ4v) is 2.50. The molecule has 1 aromatic heterocycles. The van der Waals surface area contributed by atoms with Crippen LogP contribution in [0.3, 0.4) is 0 Å². The van der Waals surface area contributed by atoms with Crippen molar-refractivity contribution in [3.05, 3.63) is 29.6 Å². The maximum Gasteiger partial charge on any atom is 0.0303 e. The third-order valence-corrected chi connectivity index (χ3v) is 3.58. The van der Waals surface area contributed by atoms with Crippen molar-refractivity contribution in [2.24, 2.45) is 5.92 Å². The van der Waals surface area contributed by atoms with Crippen molar-refractivity contribution in [3.8, 4) is 0 Å². The van der Waals surface area contributed by atoms with Crippen molar-refractivity contribution < 1.29 is 0 Å². The van der Waals surface area contributed by atoms with Gasteiger partial charge in [0, 0.05) is 12.4 Å². The summed E-state index contributed by atoms with van der Waals surface area (Å²) in [5.41, 5.74) is 2.72. The first-order valence-electron chi connectivity index (χ1n) is 6.43. The van der Waals surface area contributed by atoms with Gasteiger partial charge in [0.15, 0.2) is 0 Å². The molecule has 1 saturated carbocycles. The highest BCUT2D eigenvalue weighted by Crippen LogP contribution is 2.41. The quantitative estimate of drug-likeness (QED) is 0.769. The first kappa shape index (κ1) is 11.6. The molecule has 0 aliphatic heterocycles. The highest BCUT2D eigenvalue weighted by Gasteiger charge is 2.31. The molecule has 0 bridgehead atoms. The third-order valence-electron chi connectivity index (χ3n) is 3.58. The van der Waals surface area contributed by atoms with E-state index >= 15 is 0 Å². The van der Waals surface area contributed by atoms with Gasteiger partial charge >= 0.3 is 0 Å². The summed E-state index contributed by atoms with van der Waals surface area (Å²) in [6.45, 7) is 6.66. The summed E-state index contributed by atoms with van der Waals surface area (Å²) in [5.74, 6) is 1.58. The lowest BCUT2D eigenvalue weighted by atomic mass is 9.70. The van der Waals surface area contributed by atoms with Crippen molar-refractivity contribution >= 4 is 0 Å².